The molecule has 2 aromatic carbocycles. The van der Waals surface area contributed by atoms with E-state index in [0.717, 1.165) is 37.8 Å². The molecular formula is C33H43ClN4O5. The number of benzene rings is 2. The van der Waals surface area contributed by atoms with E-state index in [1.807, 2.05) is 36.1 Å². The number of carbonyl (C=O) groups is 2. The molecule has 2 aliphatic heterocycles. The van der Waals surface area contributed by atoms with E-state index < -0.39 is 17.2 Å². The van der Waals surface area contributed by atoms with Crippen LogP contribution in [0.25, 0.3) is 0 Å². The second kappa shape index (κ2) is 14.0. The number of nitrogens with zero attached hydrogens (tertiary/aromatic N) is 3. The number of ether oxygens (including phenoxy) is 2. The van der Waals surface area contributed by atoms with Crippen LogP contribution < -0.4 is 14.8 Å². The van der Waals surface area contributed by atoms with Gasteiger partial charge in [0.25, 0.3) is 0 Å². The SMILES string of the molecule is CCCN1C(=O)[C@@H](CC2(O)CCCCC2)NC(=O)C12CCN(Cc1ccc(Oc3ccc(C#N)cc3OC)cc1)CC2.Cl. The highest BCUT2D eigenvalue weighted by Crippen LogP contribution is 2.38. The molecule has 2 heterocycles. The van der Waals surface area contributed by atoms with Gasteiger partial charge in [-0.25, -0.2) is 0 Å². The summed E-state index contributed by atoms with van der Waals surface area (Å²) in [6.45, 7) is 4.73. The van der Waals surface area contributed by atoms with Crippen molar-refractivity contribution in [1.29, 1.82) is 5.26 Å². The molecular weight excluding hydrogens is 568 g/mol. The summed E-state index contributed by atoms with van der Waals surface area (Å²) in [6, 6.07) is 14.4. The predicted octanol–water partition coefficient (Wildman–Crippen LogP) is 4.94. The smallest absolute Gasteiger partial charge is 0.246 e. The third-order valence-electron chi connectivity index (χ3n) is 9.16. The Morgan fingerprint density at radius 3 is 2.35 bits per heavy atom. The highest BCUT2D eigenvalue weighted by molar-refractivity contribution is 6.00. The van der Waals surface area contributed by atoms with E-state index >= 15 is 0 Å². The molecule has 2 N–H and O–H groups in total. The maximum atomic E-state index is 13.7. The molecule has 2 saturated heterocycles. The summed E-state index contributed by atoms with van der Waals surface area (Å²) < 4.78 is 11.4. The molecule has 9 nitrogen and oxygen atoms in total. The standard InChI is InChI=1S/C33H42N4O5.ClH/c1-3-17-37-30(38)27(21-32(40)13-5-4-6-14-32)35-31(39)33(37)15-18-36(19-16-33)23-24-7-10-26(11-8-24)42-28-12-9-25(22-34)20-29(28)41-2;/h7-12,20,27,40H,3-6,13-19,21,23H2,1-2H3,(H,35,39);1H/t27-;/m1./s1. The fraction of sp³-hybridized carbons (Fsp3) is 0.545. The molecule has 0 unspecified atom stereocenters. The van der Waals surface area contributed by atoms with Crippen molar-refractivity contribution >= 4 is 24.2 Å². The highest BCUT2D eigenvalue weighted by Gasteiger charge is 2.54. The van der Waals surface area contributed by atoms with E-state index in [4.69, 9.17) is 14.7 Å². The third-order valence-corrected chi connectivity index (χ3v) is 9.16. The van der Waals surface area contributed by atoms with E-state index in [0.29, 0.717) is 74.6 Å². The predicted molar refractivity (Wildman–Crippen MR) is 165 cm³/mol. The summed E-state index contributed by atoms with van der Waals surface area (Å²) in [5, 5.41) is 23.3. The summed E-state index contributed by atoms with van der Waals surface area (Å²) in [5.74, 6) is 1.59. The van der Waals surface area contributed by atoms with Crippen LogP contribution in [-0.4, -0.2) is 70.6 Å². The van der Waals surface area contributed by atoms with Crippen LogP contribution in [0.15, 0.2) is 42.5 Å². The molecule has 0 radical (unpaired) electrons. The van der Waals surface area contributed by atoms with Gasteiger partial charge < -0.3 is 24.8 Å². The number of hydrogen-bond acceptors (Lipinski definition) is 7. The molecule has 0 bridgehead atoms. The summed E-state index contributed by atoms with van der Waals surface area (Å²) in [5.41, 5.74) is -0.0663. The molecule has 5 rings (SSSR count). The van der Waals surface area contributed by atoms with Gasteiger partial charge in [0, 0.05) is 38.7 Å². The molecule has 3 fully saturated rings. The first-order valence-electron chi connectivity index (χ1n) is 15.2. The van der Waals surface area contributed by atoms with Crippen molar-refractivity contribution < 1.29 is 24.2 Å². The second-order valence-electron chi connectivity index (χ2n) is 12.0. The number of aliphatic hydroxyl groups is 1. The van der Waals surface area contributed by atoms with Gasteiger partial charge in [-0.15, -0.1) is 12.4 Å². The molecule has 1 saturated carbocycles. The molecule has 3 aliphatic rings. The minimum absolute atomic E-state index is 0. The average molecular weight is 611 g/mol. The van der Waals surface area contributed by atoms with Gasteiger partial charge in [0.05, 0.1) is 24.3 Å². The molecule has 1 atom stereocenters. The first kappa shape index (κ1) is 32.6. The van der Waals surface area contributed by atoms with E-state index in [9.17, 15) is 14.7 Å². The Balaban J connectivity index is 0.00000423. The van der Waals surface area contributed by atoms with Gasteiger partial charge in [-0.3, -0.25) is 14.5 Å². The lowest BCUT2D eigenvalue weighted by Gasteiger charge is -2.52. The van der Waals surface area contributed by atoms with E-state index in [2.05, 4.69) is 16.3 Å². The number of carbonyl (C=O) groups excluding carboxylic acids is 2. The Morgan fingerprint density at radius 2 is 1.72 bits per heavy atom. The Bertz CT molecular complexity index is 1310. The van der Waals surface area contributed by atoms with E-state index in [1.54, 1.807) is 25.3 Å². The second-order valence-corrected chi connectivity index (χ2v) is 12.0. The number of likely N-dealkylation sites (tertiary alicyclic amines) is 1. The molecule has 1 aliphatic carbocycles. The number of piperazine rings is 1. The largest absolute Gasteiger partial charge is 0.493 e. The summed E-state index contributed by atoms with van der Waals surface area (Å²) in [6.07, 6.45) is 6.68. The van der Waals surface area contributed by atoms with Crippen LogP contribution in [0.2, 0.25) is 0 Å². The van der Waals surface area contributed by atoms with Gasteiger partial charge in [-0.1, -0.05) is 38.3 Å². The highest BCUT2D eigenvalue weighted by atomic mass is 35.5. The van der Waals surface area contributed by atoms with Gasteiger partial charge in [0.1, 0.15) is 17.3 Å². The first-order valence-corrected chi connectivity index (χ1v) is 15.2. The van der Waals surface area contributed by atoms with Crippen LogP contribution >= 0.6 is 12.4 Å². The third kappa shape index (κ3) is 7.09. The van der Waals surface area contributed by atoms with Crippen molar-refractivity contribution in [2.75, 3.05) is 26.7 Å². The number of halogens is 1. The molecule has 232 valence electrons. The Kier molecular flexibility index (Phi) is 10.6. The fourth-order valence-electron chi connectivity index (χ4n) is 6.80. The number of hydrogen-bond donors (Lipinski definition) is 2. The first-order chi connectivity index (χ1) is 20.3. The number of piperidine rings is 1. The lowest BCUT2D eigenvalue weighted by atomic mass is 9.77. The lowest BCUT2D eigenvalue weighted by molar-refractivity contribution is -0.163. The van der Waals surface area contributed by atoms with Gasteiger partial charge in [-0.05, 0) is 61.9 Å². The topological polar surface area (TPSA) is 115 Å². The van der Waals surface area contributed by atoms with Crippen LogP contribution in [0.1, 0.15) is 75.8 Å². The van der Waals surface area contributed by atoms with Crippen molar-refractivity contribution in [2.45, 2.75) is 88.4 Å². The van der Waals surface area contributed by atoms with Gasteiger partial charge in [0.2, 0.25) is 11.8 Å². The maximum Gasteiger partial charge on any atom is 0.246 e. The summed E-state index contributed by atoms with van der Waals surface area (Å²) in [7, 11) is 1.55. The molecule has 0 aromatic heterocycles. The molecule has 1 spiro atoms. The number of nitriles is 1. The zero-order valence-corrected chi connectivity index (χ0v) is 26.0. The number of methoxy groups -OCH3 is 1. The quantitative estimate of drug-likeness (QED) is 0.413. The minimum Gasteiger partial charge on any atom is -0.493 e. The van der Waals surface area contributed by atoms with Crippen LogP contribution in [-0.2, 0) is 16.1 Å². The van der Waals surface area contributed by atoms with Crippen molar-refractivity contribution in [2.24, 2.45) is 0 Å². The fourth-order valence-corrected chi connectivity index (χ4v) is 6.80. The van der Waals surface area contributed by atoms with Crippen molar-refractivity contribution in [3.63, 3.8) is 0 Å². The van der Waals surface area contributed by atoms with Crippen molar-refractivity contribution in [3.05, 3.63) is 53.6 Å². The van der Waals surface area contributed by atoms with Crippen molar-refractivity contribution in [3.8, 4) is 23.3 Å². The Labute approximate surface area is 260 Å². The van der Waals surface area contributed by atoms with E-state index in [-0.39, 0.29) is 24.2 Å². The number of nitrogens with one attached hydrogen (secondary N) is 1. The minimum atomic E-state index is -0.869. The Morgan fingerprint density at radius 1 is 1.02 bits per heavy atom. The van der Waals surface area contributed by atoms with E-state index in [1.165, 1.54) is 0 Å². The van der Waals surface area contributed by atoms with Crippen LogP contribution in [0.3, 0.4) is 0 Å². The number of rotatable bonds is 9. The molecule has 2 aromatic rings. The maximum absolute atomic E-state index is 13.7. The monoisotopic (exact) mass is 610 g/mol. The summed E-state index contributed by atoms with van der Waals surface area (Å²) in [4.78, 5) is 31.5. The lowest BCUT2D eigenvalue weighted by Crippen LogP contribution is -2.73. The van der Waals surface area contributed by atoms with Gasteiger partial charge >= 0.3 is 0 Å². The van der Waals surface area contributed by atoms with Gasteiger partial charge in [-0.2, -0.15) is 5.26 Å². The molecule has 10 heteroatoms. The zero-order valence-electron chi connectivity index (χ0n) is 25.1. The van der Waals surface area contributed by atoms with Gasteiger partial charge in [0.15, 0.2) is 11.5 Å². The number of amides is 2. The molecule has 2 amide bonds. The Hall–Kier alpha value is -3.32. The average Bonchev–Trinajstić information content (AvgIpc) is 3.00. The summed E-state index contributed by atoms with van der Waals surface area (Å²) >= 11 is 0. The molecule has 43 heavy (non-hydrogen) atoms. The van der Waals surface area contributed by atoms with Crippen LogP contribution in [0.5, 0.6) is 17.2 Å². The normalized spacial score (nSPS) is 21.4. The van der Waals surface area contributed by atoms with Crippen molar-refractivity contribution in [1.82, 2.24) is 15.1 Å². The van der Waals surface area contributed by atoms with Crippen LogP contribution in [0.4, 0.5) is 0 Å². The zero-order chi connectivity index (χ0) is 29.7. The van der Waals surface area contributed by atoms with Crippen LogP contribution in [0, 0.1) is 11.3 Å².